The van der Waals surface area contributed by atoms with Gasteiger partial charge in [0.25, 0.3) is 5.88 Å². The molecule has 2 heterocycles. The van der Waals surface area contributed by atoms with Crippen molar-refractivity contribution in [3.8, 4) is 28.5 Å². The summed E-state index contributed by atoms with van der Waals surface area (Å²) in [7, 11) is 1.63. The zero-order valence-electron chi connectivity index (χ0n) is 22.5. The van der Waals surface area contributed by atoms with Crippen molar-refractivity contribution in [3.05, 3.63) is 89.6 Å². The van der Waals surface area contributed by atoms with E-state index in [0.29, 0.717) is 12.3 Å². The Kier molecular flexibility index (Phi) is 8.53. The fraction of sp³-hybridized carbons (Fsp3) is 0.323. The topological polar surface area (TPSA) is 78.7 Å². The van der Waals surface area contributed by atoms with Gasteiger partial charge in [-0.25, -0.2) is 9.48 Å². The maximum absolute atomic E-state index is 12.6. The van der Waals surface area contributed by atoms with Gasteiger partial charge in [0.1, 0.15) is 11.5 Å². The maximum atomic E-state index is 12.6. The second kappa shape index (κ2) is 12.6. The highest BCUT2D eigenvalue weighted by Gasteiger charge is 2.23. The van der Waals surface area contributed by atoms with Crippen molar-refractivity contribution in [2.75, 3.05) is 26.8 Å². The summed E-state index contributed by atoms with van der Waals surface area (Å²) in [6, 6.07) is 24.2. The standard InChI is InChI=1S/C31H34N4O4/c1-3-38-31(36)29-30(35(33-32-29)22-23-10-14-27(37-2)15-11-23)39-28-16-12-25(13-17-28)26-9-7-8-24(20-26)21-34-18-5-4-6-19-34/h7-17,20H,3-6,18-19,21-22H2,1-2H3. The highest BCUT2D eigenvalue weighted by atomic mass is 16.5. The molecule has 0 N–H and O–H groups in total. The lowest BCUT2D eigenvalue weighted by Crippen LogP contribution is -2.29. The van der Waals surface area contributed by atoms with Crippen LogP contribution in [0, 0.1) is 0 Å². The van der Waals surface area contributed by atoms with Crippen molar-refractivity contribution in [1.82, 2.24) is 19.9 Å². The van der Waals surface area contributed by atoms with Crippen molar-refractivity contribution in [2.24, 2.45) is 0 Å². The number of benzene rings is 3. The predicted molar refractivity (Wildman–Crippen MR) is 149 cm³/mol. The van der Waals surface area contributed by atoms with Crippen molar-refractivity contribution >= 4 is 5.97 Å². The summed E-state index contributed by atoms with van der Waals surface area (Å²) in [5.74, 6) is 1.00. The van der Waals surface area contributed by atoms with E-state index in [0.717, 1.165) is 29.0 Å². The fourth-order valence-electron chi connectivity index (χ4n) is 4.79. The maximum Gasteiger partial charge on any atom is 0.364 e. The molecule has 1 fully saturated rings. The van der Waals surface area contributed by atoms with Crippen LogP contribution < -0.4 is 9.47 Å². The van der Waals surface area contributed by atoms with Gasteiger partial charge in [-0.15, -0.1) is 5.10 Å². The SMILES string of the molecule is CCOC(=O)c1nnn(Cc2ccc(OC)cc2)c1Oc1ccc(-c2cccc(CN3CCCCC3)c2)cc1. The normalized spacial score (nSPS) is 13.7. The zero-order chi connectivity index (χ0) is 27.0. The Morgan fingerprint density at radius 1 is 0.846 bits per heavy atom. The van der Waals surface area contributed by atoms with E-state index in [-0.39, 0.29) is 18.2 Å². The molecule has 0 saturated carbocycles. The average Bonchev–Trinajstić information content (AvgIpc) is 3.36. The third-order valence-corrected chi connectivity index (χ3v) is 6.83. The summed E-state index contributed by atoms with van der Waals surface area (Å²) in [5.41, 5.74) is 4.58. The molecule has 1 aliphatic heterocycles. The van der Waals surface area contributed by atoms with Gasteiger partial charge in [-0.05, 0) is 85.4 Å². The molecule has 0 spiro atoms. The Morgan fingerprint density at radius 3 is 2.31 bits per heavy atom. The molecular weight excluding hydrogens is 492 g/mol. The number of methoxy groups -OCH3 is 1. The van der Waals surface area contributed by atoms with Crippen LogP contribution in [-0.4, -0.2) is 52.7 Å². The number of piperidine rings is 1. The molecule has 8 nitrogen and oxygen atoms in total. The lowest BCUT2D eigenvalue weighted by Gasteiger charge is -2.26. The Balaban J connectivity index is 1.34. The minimum Gasteiger partial charge on any atom is -0.497 e. The minimum absolute atomic E-state index is 0.0415. The zero-order valence-corrected chi connectivity index (χ0v) is 22.5. The number of hydrogen-bond donors (Lipinski definition) is 0. The average molecular weight is 527 g/mol. The van der Waals surface area contributed by atoms with Gasteiger partial charge in [-0.1, -0.05) is 54.1 Å². The first kappa shape index (κ1) is 26.4. The van der Waals surface area contributed by atoms with Crippen LogP contribution in [-0.2, 0) is 17.8 Å². The third kappa shape index (κ3) is 6.64. The molecule has 1 aliphatic rings. The van der Waals surface area contributed by atoms with Crippen molar-refractivity contribution in [1.29, 1.82) is 0 Å². The van der Waals surface area contributed by atoms with Crippen molar-refractivity contribution < 1.29 is 19.0 Å². The number of hydrogen-bond acceptors (Lipinski definition) is 7. The summed E-state index contributed by atoms with van der Waals surface area (Å²) in [4.78, 5) is 15.1. The molecule has 3 aromatic carbocycles. The van der Waals surface area contributed by atoms with Crippen molar-refractivity contribution in [3.63, 3.8) is 0 Å². The van der Waals surface area contributed by atoms with E-state index < -0.39 is 5.97 Å². The molecule has 8 heteroatoms. The van der Waals surface area contributed by atoms with Crippen LogP contribution in [0.25, 0.3) is 11.1 Å². The van der Waals surface area contributed by atoms with E-state index in [9.17, 15) is 4.79 Å². The first-order chi connectivity index (χ1) is 19.1. The predicted octanol–water partition coefficient (Wildman–Crippen LogP) is 5.96. The molecule has 39 heavy (non-hydrogen) atoms. The van der Waals surface area contributed by atoms with E-state index in [1.54, 1.807) is 18.7 Å². The van der Waals surface area contributed by atoms with Crippen LogP contribution >= 0.6 is 0 Å². The highest BCUT2D eigenvalue weighted by Crippen LogP contribution is 2.29. The Hall–Kier alpha value is -4.17. The summed E-state index contributed by atoms with van der Waals surface area (Å²) >= 11 is 0. The third-order valence-electron chi connectivity index (χ3n) is 6.83. The molecule has 0 aliphatic carbocycles. The van der Waals surface area contributed by atoms with Gasteiger partial charge < -0.3 is 14.2 Å². The second-order valence-electron chi connectivity index (χ2n) is 9.63. The van der Waals surface area contributed by atoms with Crippen LogP contribution in [0.3, 0.4) is 0 Å². The van der Waals surface area contributed by atoms with E-state index in [4.69, 9.17) is 14.2 Å². The van der Waals surface area contributed by atoms with Crippen LogP contribution in [0.1, 0.15) is 47.8 Å². The molecule has 202 valence electrons. The molecule has 0 atom stereocenters. The summed E-state index contributed by atoms with van der Waals surface area (Å²) < 4.78 is 18.2. The molecule has 0 unspecified atom stereocenters. The minimum atomic E-state index is -0.573. The van der Waals surface area contributed by atoms with E-state index in [1.807, 2.05) is 48.5 Å². The second-order valence-corrected chi connectivity index (χ2v) is 9.63. The quantitative estimate of drug-likeness (QED) is 0.236. The molecular formula is C31H34N4O4. The van der Waals surface area contributed by atoms with Crippen LogP contribution in [0.4, 0.5) is 0 Å². The largest absolute Gasteiger partial charge is 0.497 e. The number of rotatable bonds is 10. The molecule has 1 saturated heterocycles. The number of nitrogens with zero attached hydrogens (tertiary/aromatic N) is 4. The molecule has 0 bridgehead atoms. The number of carbonyl (C=O) groups is 1. The van der Waals surface area contributed by atoms with Crippen LogP contribution in [0.2, 0.25) is 0 Å². The van der Waals surface area contributed by atoms with Crippen LogP contribution in [0.15, 0.2) is 72.8 Å². The van der Waals surface area contributed by atoms with E-state index >= 15 is 0 Å². The molecule has 4 aromatic rings. The number of ether oxygens (including phenoxy) is 3. The summed E-state index contributed by atoms with van der Waals surface area (Å²) in [6.07, 6.45) is 3.91. The first-order valence-electron chi connectivity index (χ1n) is 13.5. The Morgan fingerprint density at radius 2 is 1.59 bits per heavy atom. The Labute approximate surface area is 229 Å². The first-order valence-corrected chi connectivity index (χ1v) is 13.5. The lowest BCUT2D eigenvalue weighted by atomic mass is 10.0. The lowest BCUT2D eigenvalue weighted by molar-refractivity contribution is 0.0516. The molecule has 5 rings (SSSR count). The van der Waals surface area contributed by atoms with Gasteiger partial charge in [-0.2, -0.15) is 0 Å². The number of carbonyl (C=O) groups excluding carboxylic acids is 1. The fourth-order valence-corrected chi connectivity index (χ4v) is 4.79. The molecule has 0 amide bonds. The van der Waals surface area contributed by atoms with Gasteiger partial charge in [-0.3, -0.25) is 4.90 Å². The van der Waals surface area contributed by atoms with Gasteiger partial charge in [0.2, 0.25) is 5.69 Å². The van der Waals surface area contributed by atoms with Gasteiger partial charge in [0.15, 0.2) is 0 Å². The summed E-state index contributed by atoms with van der Waals surface area (Å²) in [5, 5.41) is 8.25. The highest BCUT2D eigenvalue weighted by molar-refractivity contribution is 5.89. The van der Waals surface area contributed by atoms with Crippen LogP contribution in [0.5, 0.6) is 17.4 Å². The monoisotopic (exact) mass is 526 g/mol. The van der Waals surface area contributed by atoms with E-state index in [2.05, 4.69) is 39.5 Å². The number of likely N-dealkylation sites (tertiary alicyclic amines) is 1. The van der Waals surface area contributed by atoms with Gasteiger partial charge in [0, 0.05) is 6.54 Å². The van der Waals surface area contributed by atoms with E-state index in [1.165, 1.54) is 37.9 Å². The molecule has 1 aromatic heterocycles. The van der Waals surface area contributed by atoms with Gasteiger partial charge >= 0.3 is 5.97 Å². The summed E-state index contributed by atoms with van der Waals surface area (Å²) in [6.45, 7) is 5.68. The smallest absolute Gasteiger partial charge is 0.364 e. The van der Waals surface area contributed by atoms with Gasteiger partial charge in [0.05, 0.1) is 20.3 Å². The Bertz CT molecular complexity index is 1380. The van der Waals surface area contributed by atoms with Crippen molar-refractivity contribution in [2.45, 2.75) is 39.3 Å². The number of esters is 1. The number of aromatic nitrogens is 3. The molecule has 0 radical (unpaired) electrons.